The summed E-state index contributed by atoms with van der Waals surface area (Å²) >= 11 is 0. The Balaban J connectivity index is 2.32. The van der Waals surface area contributed by atoms with Crippen LogP contribution < -0.4 is 5.73 Å². The average molecular weight is 274 g/mol. The van der Waals surface area contributed by atoms with Crippen molar-refractivity contribution < 1.29 is 0 Å². The number of hydrogen-bond donors (Lipinski definition) is 1. The minimum absolute atomic E-state index is 0.377. The van der Waals surface area contributed by atoms with Gasteiger partial charge in [-0.1, -0.05) is 31.9 Å². The number of rotatable bonds is 5. The Kier molecular flexibility index (Phi) is 5.22. The van der Waals surface area contributed by atoms with Crippen LogP contribution in [0.5, 0.6) is 0 Å². The second kappa shape index (κ2) is 6.73. The third-order valence-corrected chi connectivity index (χ3v) is 5.02. The largest absolute Gasteiger partial charge is 0.329 e. The standard InChI is InChI=1S/C18H30N2/c1-5-20(16-8-6-7-9-16)18(12-19)17-11-14(3)13(2)10-15(17)4/h10-11,16,18H,5-9,12,19H2,1-4H3. The summed E-state index contributed by atoms with van der Waals surface area (Å²) in [6.45, 7) is 10.7. The fraction of sp³-hybridized carbons (Fsp3) is 0.667. The van der Waals surface area contributed by atoms with Crippen LogP contribution in [0.15, 0.2) is 12.1 Å². The van der Waals surface area contributed by atoms with E-state index >= 15 is 0 Å². The van der Waals surface area contributed by atoms with Gasteiger partial charge in [0.05, 0.1) is 0 Å². The van der Waals surface area contributed by atoms with Crippen LogP contribution >= 0.6 is 0 Å². The first-order valence-corrected chi connectivity index (χ1v) is 8.12. The van der Waals surface area contributed by atoms with Gasteiger partial charge in [-0.3, -0.25) is 4.90 Å². The second-order valence-electron chi connectivity index (χ2n) is 6.31. The van der Waals surface area contributed by atoms with Gasteiger partial charge in [0, 0.05) is 18.6 Å². The molecule has 1 aromatic carbocycles. The van der Waals surface area contributed by atoms with Crippen molar-refractivity contribution in [1.82, 2.24) is 4.90 Å². The van der Waals surface area contributed by atoms with Gasteiger partial charge < -0.3 is 5.73 Å². The second-order valence-corrected chi connectivity index (χ2v) is 6.31. The van der Waals surface area contributed by atoms with E-state index in [1.165, 1.54) is 47.9 Å². The van der Waals surface area contributed by atoms with E-state index in [0.717, 1.165) is 12.6 Å². The Morgan fingerprint density at radius 1 is 1.10 bits per heavy atom. The molecule has 0 spiro atoms. The van der Waals surface area contributed by atoms with E-state index in [0.29, 0.717) is 12.6 Å². The molecule has 112 valence electrons. The summed E-state index contributed by atoms with van der Waals surface area (Å²) in [4.78, 5) is 2.64. The summed E-state index contributed by atoms with van der Waals surface area (Å²) in [5, 5.41) is 0. The molecule has 2 rings (SSSR count). The minimum Gasteiger partial charge on any atom is -0.329 e. The molecule has 1 fully saturated rings. The Morgan fingerprint density at radius 2 is 1.70 bits per heavy atom. The first-order chi connectivity index (χ1) is 9.58. The minimum atomic E-state index is 0.377. The lowest BCUT2D eigenvalue weighted by atomic mass is 9.94. The van der Waals surface area contributed by atoms with Gasteiger partial charge in [0.1, 0.15) is 0 Å². The molecule has 1 aliphatic rings. The van der Waals surface area contributed by atoms with Crippen molar-refractivity contribution in [2.45, 2.75) is 65.5 Å². The van der Waals surface area contributed by atoms with Crippen LogP contribution in [0.1, 0.15) is 60.9 Å². The third-order valence-electron chi connectivity index (χ3n) is 5.02. The summed E-state index contributed by atoms with van der Waals surface area (Å²) in [5.41, 5.74) is 11.7. The Morgan fingerprint density at radius 3 is 2.25 bits per heavy atom. The maximum atomic E-state index is 6.16. The highest BCUT2D eigenvalue weighted by Crippen LogP contribution is 2.32. The molecule has 0 heterocycles. The zero-order valence-electron chi connectivity index (χ0n) is 13.6. The Bertz CT molecular complexity index is 447. The molecule has 20 heavy (non-hydrogen) atoms. The van der Waals surface area contributed by atoms with Crippen LogP contribution in [0.2, 0.25) is 0 Å². The van der Waals surface area contributed by atoms with Gasteiger partial charge in [0.15, 0.2) is 0 Å². The summed E-state index contributed by atoms with van der Waals surface area (Å²) in [6.07, 6.45) is 5.44. The fourth-order valence-electron chi connectivity index (χ4n) is 3.75. The van der Waals surface area contributed by atoms with Crippen molar-refractivity contribution in [2.24, 2.45) is 5.73 Å². The summed E-state index contributed by atoms with van der Waals surface area (Å²) < 4.78 is 0. The van der Waals surface area contributed by atoms with Gasteiger partial charge in [-0.05, 0) is 62.4 Å². The molecule has 1 unspecified atom stereocenters. The topological polar surface area (TPSA) is 29.3 Å². The van der Waals surface area contributed by atoms with Gasteiger partial charge in [0.25, 0.3) is 0 Å². The molecular weight excluding hydrogens is 244 g/mol. The van der Waals surface area contributed by atoms with E-state index in [1.807, 2.05) is 0 Å². The van der Waals surface area contributed by atoms with E-state index in [9.17, 15) is 0 Å². The molecule has 2 nitrogen and oxygen atoms in total. The van der Waals surface area contributed by atoms with Gasteiger partial charge >= 0.3 is 0 Å². The number of nitrogens with two attached hydrogens (primary N) is 1. The predicted molar refractivity (Wildman–Crippen MR) is 87.1 cm³/mol. The lowest BCUT2D eigenvalue weighted by molar-refractivity contribution is 0.147. The highest BCUT2D eigenvalue weighted by molar-refractivity contribution is 5.38. The van der Waals surface area contributed by atoms with E-state index in [-0.39, 0.29) is 0 Å². The van der Waals surface area contributed by atoms with Crippen LogP contribution in [0.3, 0.4) is 0 Å². The fourth-order valence-corrected chi connectivity index (χ4v) is 3.75. The van der Waals surface area contributed by atoms with Crippen LogP contribution in [0, 0.1) is 20.8 Å². The van der Waals surface area contributed by atoms with Crippen molar-refractivity contribution in [3.05, 3.63) is 34.4 Å². The first kappa shape index (κ1) is 15.5. The smallest absolute Gasteiger partial charge is 0.0475 e. The van der Waals surface area contributed by atoms with Gasteiger partial charge in [-0.25, -0.2) is 0 Å². The Hall–Kier alpha value is -0.860. The zero-order chi connectivity index (χ0) is 14.7. The third kappa shape index (κ3) is 3.07. The molecule has 0 aromatic heterocycles. The SMILES string of the molecule is CCN(C1CCCC1)C(CN)c1cc(C)c(C)cc1C. The first-order valence-electron chi connectivity index (χ1n) is 8.12. The van der Waals surface area contributed by atoms with Crippen molar-refractivity contribution in [3.8, 4) is 0 Å². The van der Waals surface area contributed by atoms with Gasteiger partial charge in [-0.15, -0.1) is 0 Å². The quantitative estimate of drug-likeness (QED) is 0.883. The zero-order valence-corrected chi connectivity index (χ0v) is 13.6. The Labute approximate surface area is 124 Å². The molecule has 0 amide bonds. The summed E-state index contributed by atoms with van der Waals surface area (Å²) in [7, 11) is 0. The summed E-state index contributed by atoms with van der Waals surface area (Å²) in [5.74, 6) is 0. The maximum absolute atomic E-state index is 6.16. The molecule has 1 aromatic rings. The predicted octanol–water partition coefficient (Wildman–Crippen LogP) is 3.88. The monoisotopic (exact) mass is 274 g/mol. The number of aryl methyl sites for hydroxylation is 3. The molecular formula is C18H30N2. The number of nitrogens with zero attached hydrogens (tertiary/aromatic N) is 1. The molecule has 0 radical (unpaired) electrons. The van der Waals surface area contributed by atoms with Crippen LogP contribution in [-0.4, -0.2) is 24.0 Å². The molecule has 1 atom stereocenters. The molecule has 1 aliphatic carbocycles. The lowest BCUT2D eigenvalue weighted by Gasteiger charge is -2.36. The van der Waals surface area contributed by atoms with E-state index < -0.39 is 0 Å². The molecule has 0 saturated heterocycles. The van der Waals surface area contributed by atoms with Gasteiger partial charge in [-0.2, -0.15) is 0 Å². The van der Waals surface area contributed by atoms with Crippen LogP contribution in [0.4, 0.5) is 0 Å². The lowest BCUT2D eigenvalue weighted by Crippen LogP contribution is -2.40. The molecule has 0 bridgehead atoms. The number of hydrogen-bond acceptors (Lipinski definition) is 2. The summed E-state index contributed by atoms with van der Waals surface area (Å²) in [6, 6.07) is 5.78. The number of likely N-dealkylation sites (N-methyl/N-ethyl adjacent to an activating group) is 1. The molecule has 1 saturated carbocycles. The van der Waals surface area contributed by atoms with Crippen molar-refractivity contribution in [2.75, 3.05) is 13.1 Å². The van der Waals surface area contributed by atoms with Crippen LogP contribution in [-0.2, 0) is 0 Å². The van der Waals surface area contributed by atoms with E-state index in [4.69, 9.17) is 5.73 Å². The van der Waals surface area contributed by atoms with E-state index in [1.54, 1.807) is 0 Å². The van der Waals surface area contributed by atoms with Crippen molar-refractivity contribution in [3.63, 3.8) is 0 Å². The highest BCUT2D eigenvalue weighted by Gasteiger charge is 2.28. The molecule has 2 heteroatoms. The van der Waals surface area contributed by atoms with E-state index in [2.05, 4.69) is 44.7 Å². The van der Waals surface area contributed by atoms with Crippen molar-refractivity contribution >= 4 is 0 Å². The normalized spacial score (nSPS) is 17.9. The van der Waals surface area contributed by atoms with Gasteiger partial charge in [0.2, 0.25) is 0 Å². The maximum Gasteiger partial charge on any atom is 0.0475 e. The molecule has 2 N–H and O–H groups in total. The number of benzene rings is 1. The highest BCUT2D eigenvalue weighted by atomic mass is 15.2. The molecule has 0 aliphatic heterocycles. The average Bonchev–Trinajstić information content (AvgIpc) is 2.94. The van der Waals surface area contributed by atoms with Crippen molar-refractivity contribution in [1.29, 1.82) is 0 Å². The van der Waals surface area contributed by atoms with Crippen LogP contribution in [0.25, 0.3) is 0 Å².